The number of allylic oxidation sites excluding steroid dienone is 2. The molecule has 1 saturated carbocycles. The van der Waals surface area contributed by atoms with Gasteiger partial charge >= 0.3 is 0 Å². The van der Waals surface area contributed by atoms with Crippen LogP contribution < -0.4 is 9.64 Å². The van der Waals surface area contributed by atoms with E-state index in [2.05, 4.69) is 15.9 Å². The van der Waals surface area contributed by atoms with Crippen molar-refractivity contribution in [2.45, 2.75) is 52.0 Å². The van der Waals surface area contributed by atoms with Crippen molar-refractivity contribution in [1.29, 1.82) is 0 Å². The SMILES string of the molecule is COc1cc(Br)cc([C@H]2C3=CC[C@@H]4C(=O)N(C(C)(C)C)C(=O)[C@@H]4[C@@H]3C[C@H]3C(=O)N(c4ccccc4)C(=O)[C@@]23C)c1O. The average molecular weight is 622 g/mol. The Morgan fingerprint density at radius 2 is 1.68 bits per heavy atom. The predicted octanol–water partition coefficient (Wildman–Crippen LogP) is 5.19. The Morgan fingerprint density at radius 1 is 1.00 bits per heavy atom. The molecule has 0 spiro atoms. The van der Waals surface area contributed by atoms with Crippen LogP contribution >= 0.6 is 15.9 Å². The van der Waals surface area contributed by atoms with Crippen molar-refractivity contribution in [3.63, 3.8) is 0 Å². The third-order valence-electron chi connectivity index (χ3n) is 9.56. The molecule has 0 unspecified atom stereocenters. The number of hydrogen-bond donors (Lipinski definition) is 1. The van der Waals surface area contributed by atoms with E-state index in [1.165, 1.54) is 16.9 Å². The number of ether oxygens (including phenoxy) is 1. The molecular weight excluding hydrogens is 588 g/mol. The highest BCUT2D eigenvalue weighted by Crippen LogP contribution is 2.65. The summed E-state index contributed by atoms with van der Waals surface area (Å²) >= 11 is 3.52. The highest BCUT2D eigenvalue weighted by Gasteiger charge is 2.68. The van der Waals surface area contributed by atoms with Crippen LogP contribution in [0.3, 0.4) is 0 Å². The normalized spacial score (nSPS) is 31.2. The molecule has 2 aliphatic heterocycles. The van der Waals surface area contributed by atoms with E-state index in [0.29, 0.717) is 22.1 Å². The van der Waals surface area contributed by atoms with Gasteiger partial charge in [-0.05, 0) is 70.7 Å². The van der Waals surface area contributed by atoms with Gasteiger partial charge in [-0.15, -0.1) is 0 Å². The molecule has 0 radical (unpaired) electrons. The minimum Gasteiger partial charge on any atom is -0.504 e. The zero-order valence-electron chi connectivity index (χ0n) is 23.7. The molecule has 2 aromatic rings. The molecule has 9 heteroatoms. The molecular formula is C32H33BrN2O6. The van der Waals surface area contributed by atoms with Gasteiger partial charge in [-0.25, -0.2) is 4.90 Å². The number of rotatable bonds is 3. The van der Waals surface area contributed by atoms with Crippen LogP contribution in [0.2, 0.25) is 0 Å². The number of carbonyl (C=O) groups excluding carboxylic acids is 4. The number of fused-ring (bicyclic) bond motifs is 4. The number of carbonyl (C=O) groups is 4. The van der Waals surface area contributed by atoms with E-state index in [9.17, 15) is 24.3 Å². The molecule has 4 amide bonds. The lowest BCUT2D eigenvalue weighted by Gasteiger charge is -2.49. The number of hydrogen-bond acceptors (Lipinski definition) is 6. The second kappa shape index (κ2) is 9.28. The van der Waals surface area contributed by atoms with Crippen LogP contribution in [0.15, 0.2) is 58.6 Å². The third-order valence-corrected chi connectivity index (χ3v) is 10.0. The molecule has 6 atom stereocenters. The van der Waals surface area contributed by atoms with E-state index >= 15 is 0 Å². The largest absolute Gasteiger partial charge is 0.504 e. The number of imide groups is 2. The van der Waals surface area contributed by atoms with Gasteiger partial charge in [0.25, 0.3) is 0 Å². The maximum absolute atomic E-state index is 14.4. The van der Waals surface area contributed by atoms with Gasteiger partial charge in [0.05, 0.1) is 36.0 Å². The lowest BCUT2D eigenvalue weighted by Crippen LogP contribution is -2.49. The summed E-state index contributed by atoms with van der Waals surface area (Å²) in [5, 5.41) is 11.4. The van der Waals surface area contributed by atoms with Crippen LogP contribution in [0.5, 0.6) is 11.5 Å². The molecule has 41 heavy (non-hydrogen) atoms. The van der Waals surface area contributed by atoms with Crippen LogP contribution in [0.4, 0.5) is 5.69 Å². The highest BCUT2D eigenvalue weighted by atomic mass is 79.9. The molecule has 0 aromatic heterocycles. The fourth-order valence-electron chi connectivity index (χ4n) is 7.81. The first kappa shape index (κ1) is 27.7. The summed E-state index contributed by atoms with van der Waals surface area (Å²) < 4.78 is 6.10. The minimum atomic E-state index is -1.25. The number of phenols is 1. The minimum absolute atomic E-state index is 0.118. The Bertz CT molecular complexity index is 1530. The monoisotopic (exact) mass is 620 g/mol. The van der Waals surface area contributed by atoms with Crippen LogP contribution in [0.1, 0.15) is 52.0 Å². The van der Waals surface area contributed by atoms with Gasteiger partial charge in [0.1, 0.15) is 0 Å². The molecule has 2 saturated heterocycles. The van der Waals surface area contributed by atoms with E-state index in [0.717, 1.165) is 5.57 Å². The number of amides is 4. The summed E-state index contributed by atoms with van der Waals surface area (Å²) in [7, 11) is 1.45. The van der Waals surface area contributed by atoms with E-state index < -0.39 is 40.5 Å². The average Bonchev–Trinajstić information content (AvgIpc) is 3.30. The number of phenolic OH excluding ortho intramolecular Hbond substituents is 1. The van der Waals surface area contributed by atoms with E-state index in [1.807, 2.05) is 32.9 Å². The van der Waals surface area contributed by atoms with Crippen molar-refractivity contribution in [3.05, 3.63) is 64.1 Å². The molecule has 4 aliphatic rings. The molecule has 0 bridgehead atoms. The lowest BCUT2D eigenvalue weighted by molar-refractivity contribution is -0.145. The quantitative estimate of drug-likeness (QED) is 0.374. The van der Waals surface area contributed by atoms with Crippen molar-refractivity contribution in [2.75, 3.05) is 12.0 Å². The number of para-hydroxylation sites is 1. The molecule has 3 fully saturated rings. The Labute approximate surface area is 247 Å². The number of halogens is 1. The van der Waals surface area contributed by atoms with Crippen molar-refractivity contribution in [1.82, 2.24) is 4.90 Å². The van der Waals surface area contributed by atoms with E-state index in [1.54, 1.807) is 43.3 Å². The van der Waals surface area contributed by atoms with Crippen LogP contribution in [-0.2, 0) is 19.2 Å². The molecule has 214 valence electrons. The summed E-state index contributed by atoms with van der Waals surface area (Å²) in [4.78, 5) is 58.7. The summed E-state index contributed by atoms with van der Waals surface area (Å²) in [5.74, 6) is -4.11. The second-order valence-corrected chi connectivity index (χ2v) is 13.6. The second-order valence-electron chi connectivity index (χ2n) is 12.7. The van der Waals surface area contributed by atoms with Crippen molar-refractivity contribution < 1.29 is 29.0 Å². The number of aromatic hydroxyl groups is 1. The van der Waals surface area contributed by atoms with Gasteiger partial charge in [0.15, 0.2) is 11.5 Å². The van der Waals surface area contributed by atoms with Crippen LogP contribution in [0, 0.1) is 29.1 Å². The molecule has 8 nitrogen and oxygen atoms in total. The van der Waals surface area contributed by atoms with Gasteiger partial charge < -0.3 is 9.84 Å². The number of anilines is 1. The Morgan fingerprint density at radius 3 is 2.32 bits per heavy atom. The first-order valence-electron chi connectivity index (χ1n) is 13.9. The molecule has 2 aromatic carbocycles. The van der Waals surface area contributed by atoms with Crippen molar-refractivity contribution in [3.8, 4) is 11.5 Å². The van der Waals surface area contributed by atoms with Crippen LogP contribution in [-0.4, -0.2) is 46.3 Å². The first-order chi connectivity index (χ1) is 19.3. The molecule has 2 aliphatic carbocycles. The summed E-state index contributed by atoms with van der Waals surface area (Å²) in [6.45, 7) is 7.33. The van der Waals surface area contributed by atoms with Gasteiger partial charge in [-0.3, -0.25) is 24.1 Å². The van der Waals surface area contributed by atoms with Gasteiger partial charge in [-0.2, -0.15) is 0 Å². The van der Waals surface area contributed by atoms with Crippen LogP contribution in [0.25, 0.3) is 0 Å². The van der Waals surface area contributed by atoms with Crippen molar-refractivity contribution in [2.24, 2.45) is 29.1 Å². The number of methoxy groups -OCH3 is 1. The highest BCUT2D eigenvalue weighted by molar-refractivity contribution is 9.10. The molecule has 1 N–H and O–H groups in total. The number of likely N-dealkylation sites (tertiary alicyclic amines) is 1. The first-order valence-corrected chi connectivity index (χ1v) is 14.7. The number of nitrogens with zero attached hydrogens (tertiary/aromatic N) is 2. The molecule has 2 heterocycles. The summed E-state index contributed by atoms with van der Waals surface area (Å²) in [6.07, 6.45) is 2.59. The molecule has 6 rings (SSSR count). The predicted molar refractivity (Wildman–Crippen MR) is 155 cm³/mol. The Kier molecular flexibility index (Phi) is 6.27. The summed E-state index contributed by atoms with van der Waals surface area (Å²) in [6, 6.07) is 12.2. The maximum Gasteiger partial charge on any atom is 0.241 e. The fraction of sp³-hybridized carbons (Fsp3) is 0.438. The lowest BCUT2D eigenvalue weighted by atomic mass is 9.51. The number of benzene rings is 2. The zero-order chi connectivity index (χ0) is 29.6. The zero-order valence-corrected chi connectivity index (χ0v) is 25.3. The van der Waals surface area contributed by atoms with E-state index in [-0.39, 0.29) is 41.5 Å². The van der Waals surface area contributed by atoms with Gasteiger partial charge in [0.2, 0.25) is 23.6 Å². The van der Waals surface area contributed by atoms with E-state index in [4.69, 9.17) is 4.74 Å². The Balaban J connectivity index is 1.57. The van der Waals surface area contributed by atoms with Gasteiger partial charge in [0, 0.05) is 21.5 Å². The fourth-order valence-corrected chi connectivity index (χ4v) is 8.27. The smallest absolute Gasteiger partial charge is 0.241 e. The topological polar surface area (TPSA) is 104 Å². The maximum atomic E-state index is 14.4. The third kappa shape index (κ3) is 3.77. The van der Waals surface area contributed by atoms with Crippen molar-refractivity contribution >= 4 is 45.2 Å². The Hall–Kier alpha value is -3.46. The summed E-state index contributed by atoms with van der Waals surface area (Å²) in [5.41, 5.74) is -0.199. The standard InChI is InChI=1S/C32H33BrN2O6/c1-31(2,3)35-27(37)19-12-11-18-20(24(19)29(35)39)15-22-28(38)34(17-9-7-6-8-10-17)30(40)32(22,4)25(18)21-13-16(33)14-23(41-5)26(21)36/h6-11,13-14,19-20,22,24-25,36H,12,15H2,1-5H3/t19-,20+,22-,24-,25+,32+/m0/s1. The van der Waals surface area contributed by atoms with Gasteiger partial charge in [-0.1, -0.05) is 45.8 Å².